The molecule has 0 aliphatic rings. The van der Waals surface area contributed by atoms with E-state index < -0.39 is 5.97 Å². The van der Waals surface area contributed by atoms with E-state index in [-0.39, 0.29) is 11.0 Å². The van der Waals surface area contributed by atoms with Crippen molar-refractivity contribution in [2.24, 2.45) is 0 Å². The molecule has 2 rings (SSSR count). The molecule has 128 valence electrons. The summed E-state index contributed by atoms with van der Waals surface area (Å²) in [7, 11) is 0. The minimum absolute atomic E-state index is 0.129. The Labute approximate surface area is 143 Å². The Kier molecular flexibility index (Phi) is 5.85. The highest BCUT2D eigenvalue weighted by Crippen LogP contribution is 2.24. The predicted molar refractivity (Wildman–Crippen MR) is 94.2 cm³/mol. The average Bonchev–Trinajstić information content (AvgIpc) is 2.54. The molecular weight excluding hydrogens is 304 g/mol. The third-order valence-corrected chi connectivity index (χ3v) is 3.65. The summed E-state index contributed by atoms with van der Waals surface area (Å²) in [6, 6.07) is 14.7. The van der Waals surface area contributed by atoms with E-state index in [2.05, 4.69) is 32.9 Å². The Morgan fingerprint density at radius 1 is 0.958 bits per heavy atom. The highest BCUT2D eigenvalue weighted by molar-refractivity contribution is 5.90. The number of carbonyl (C=O) groups is 1. The molecule has 2 aromatic carbocycles. The van der Waals surface area contributed by atoms with E-state index in [1.165, 1.54) is 11.6 Å². The smallest absolute Gasteiger partial charge is 0.339 e. The van der Waals surface area contributed by atoms with Crippen LogP contribution in [-0.2, 0) is 5.41 Å². The molecule has 4 nitrogen and oxygen atoms in total. The molecule has 0 heterocycles. The van der Waals surface area contributed by atoms with Crippen LogP contribution >= 0.6 is 0 Å². The second-order valence-corrected chi connectivity index (χ2v) is 6.63. The second kappa shape index (κ2) is 7.86. The monoisotopic (exact) mass is 328 g/mol. The summed E-state index contributed by atoms with van der Waals surface area (Å²) in [6.07, 6.45) is 0.676. The largest absolute Gasteiger partial charge is 0.493 e. The highest BCUT2D eigenvalue weighted by Gasteiger charge is 2.13. The number of hydrogen-bond donors (Lipinski definition) is 1. The fourth-order valence-corrected chi connectivity index (χ4v) is 2.25. The van der Waals surface area contributed by atoms with Crippen LogP contribution in [0, 0.1) is 0 Å². The number of carboxylic acid groups (broad SMARTS) is 1. The first-order chi connectivity index (χ1) is 11.4. The number of carboxylic acids is 1. The van der Waals surface area contributed by atoms with Crippen LogP contribution in [0.5, 0.6) is 11.5 Å². The molecule has 0 aliphatic heterocycles. The summed E-state index contributed by atoms with van der Waals surface area (Å²) in [6.45, 7) is 7.45. The van der Waals surface area contributed by atoms with Crippen molar-refractivity contribution in [2.75, 3.05) is 13.2 Å². The SMILES string of the molecule is CC(C)(C)c1ccc(OCCCOc2ccccc2C(=O)O)cc1. The van der Waals surface area contributed by atoms with E-state index in [9.17, 15) is 4.79 Å². The Hall–Kier alpha value is -2.49. The van der Waals surface area contributed by atoms with Gasteiger partial charge in [0.05, 0.1) is 13.2 Å². The molecule has 2 aromatic rings. The van der Waals surface area contributed by atoms with Crippen molar-refractivity contribution in [3.63, 3.8) is 0 Å². The Morgan fingerprint density at radius 2 is 1.58 bits per heavy atom. The summed E-state index contributed by atoms with van der Waals surface area (Å²) < 4.78 is 11.2. The molecule has 0 radical (unpaired) electrons. The molecule has 0 saturated heterocycles. The van der Waals surface area contributed by atoms with E-state index in [4.69, 9.17) is 14.6 Å². The zero-order valence-corrected chi connectivity index (χ0v) is 14.4. The van der Waals surface area contributed by atoms with Crippen LogP contribution in [0.15, 0.2) is 48.5 Å². The van der Waals surface area contributed by atoms with Crippen LogP contribution in [0.4, 0.5) is 0 Å². The lowest BCUT2D eigenvalue weighted by molar-refractivity contribution is 0.0692. The van der Waals surface area contributed by atoms with Gasteiger partial charge in [0.1, 0.15) is 17.1 Å². The summed E-state index contributed by atoms with van der Waals surface area (Å²) in [5, 5.41) is 9.09. The standard InChI is InChI=1S/C20H24O4/c1-20(2,3)15-9-11-16(12-10-15)23-13-6-14-24-18-8-5-4-7-17(18)19(21)22/h4-5,7-12H,6,13-14H2,1-3H3,(H,21,22). The number of para-hydroxylation sites is 1. The zero-order chi connectivity index (χ0) is 17.6. The first-order valence-electron chi connectivity index (χ1n) is 8.06. The van der Waals surface area contributed by atoms with Crippen molar-refractivity contribution in [2.45, 2.75) is 32.6 Å². The van der Waals surface area contributed by atoms with Crippen LogP contribution in [0.3, 0.4) is 0 Å². The van der Waals surface area contributed by atoms with Crippen LogP contribution in [0.2, 0.25) is 0 Å². The lowest BCUT2D eigenvalue weighted by Gasteiger charge is -2.19. The molecule has 0 saturated carbocycles. The average molecular weight is 328 g/mol. The summed E-state index contributed by atoms with van der Waals surface area (Å²) in [4.78, 5) is 11.1. The third kappa shape index (κ3) is 5.01. The summed E-state index contributed by atoms with van der Waals surface area (Å²) in [5.74, 6) is 0.231. The summed E-state index contributed by atoms with van der Waals surface area (Å²) in [5.41, 5.74) is 1.57. The van der Waals surface area contributed by atoms with E-state index in [1.807, 2.05) is 12.1 Å². The van der Waals surface area contributed by atoms with Crippen molar-refractivity contribution in [1.29, 1.82) is 0 Å². The predicted octanol–water partition coefficient (Wildman–Crippen LogP) is 4.53. The van der Waals surface area contributed by atoms with Crippen molar-refractivity contribution < 1.29 is 19.4 Å². The van der Waals surface area contributed by atoms with Crippen molar-refractivity contribution >= 4 is 5.97 Å². The van der Waals surface area contributed by atoms with Gasteiger partial charge >= 0.3 is 5.97 Å². The van der Waals surface area contributed by atoms with Gasteiger partial charge in [-0.05, 0) is 35.2 Å². The number of hydrogen-bond acceptors (Lipinski definition) is 3. The minimum Gasteiger partial charge on any atom is -0.493 e. The van der Waals surface area contributed by atoms with Gasteiger partial charge in [-0.15, -0.1) is 0 Å². The molecule has 0 fully saturated rings. The molecule has 0 aliphatic carbocycles. The van der Waals surface area contributed by atoms with Crippen LogP contribution in [0.1, 0.15) is 43.1 Å². The molecule has 0 aromatic heterocycles. The maximum absolute atomic E-state index is 11.1. The van der Waals surface area contributed by atoms with Gasteiger partial charge in [-0.2, -0.15) is 0 Å². The molecule has 1 N–H and O–H groups in total. The van der Waals surface area contributed by atoms with E-state index in [0.717, 1.165) is 5.75 Å². The lowest BCUT2D eigenvalue weighted by Crippen LogP contribution is -2.11. The van der Waals surface area contributed by atoms with E-state index >= 15 is 0 Å². The van der Waals surface area contributed by atoms with Gasteiger partial charge in [0, 0.05) is 6.42 Å². The van der Waals surface area contributed by atoms with Gasteiger partial charge in [0.2, 0.25) is 0 Å². The van der Waals surface area contributed by atoms with Gasteiger partial charge in [0.15, 0.2) is 0 Å². The molecule has 0 bridgehead atoms. The van der Waals surface area contributed by atoms with Gasteiger partial charge in [-0.1, -0.05) is 45.0 Å². The van der Waals surface area contributed by atoms with Gasteiger partial charge in [-0.3, -0.25) is 0 Å². The van der Waals surface area contributed by atoms with Crippen LogP contribution in [-0.4, -0.2) is 24.3 Å². The van der Waals surface area contributed by atoms with Crippen LogP contribution < -0.4 is 9.47 Å². The first kappa shape index (κ1) is 17.9. The Balaban J connectivity index is 1.77. The third-order valence-electron chi connectivity index (χ3n) is 3.65. The highest BCUT2D eigenvalue weighted by atomic mass is 16.5. The lowest BCUT2D eigenvalue weighted by atomic mass is 9.87. The number of ether oxygens (including phenoxy) is 2. The molecular formula is C20H24O4. The topological polar surface area (TPSA) is 55.8 Å². The molecule has 24 heavy (non-hydrogen) atoms. The first-order valence-corrected chi connectivity index (χ1v) is 8.06. The van der Waals surface area contributed by atoms with Gasteiger partial charge in [0.25, 0.3) is 0 Å². The minimum atomic E-state index is -0.985. The quantitative estimate of drug-likeness (QED) is 0.759. The number of benzene rings is 2. The Bertz CT molecular complexity index is 669. The van der Waals surface area contributed by atoms with Crippen LogP contribution in [0.25, 0.3) is 0 Å². The normalized spacial score (nSPS) is 11.1. The molecule has 0 unspecified atom stereocenters. The maximum Gasteiger partial charge on any atom is 0.339 e. The fraction of sp³-hybridized carbons (Fsp3) is 0.350. The van der Waals surface area contributed by atoms with Crippen molar-refractivity contribution in [3.8, 4) is 11.5 Å². The molecule has 0 spiro atoms. The maximum atomic E-state index is 11.1. The van der Waals surface area contributed by atoms with E-state index in [1.54, 1.807) is 18.2 Å². The van der Waals surface area contributed by atoms with E-state index in [0.29, 0.717) is 25.4 Å². The van der Waals surface area contributed by atoms with Crippen molar-refractivity contribution in [1.82, 2.24) is 0 Å². The fourth-order valence-electron chi connectivity index (χ4n) is 2.25. The van der Waals surface area contributed by atoms with Gasteiger partial charge in [-0.25, -0.2) is 4.79 Å². The van der Waals surface area contributed by atoms with Gasteiger partial charge < -0.3 is 14.6 Å². The molecule has 0 atom stereocenters. The van der Waals surface area contributed by atoms with Crippen molar-refractivity contribution in [3.05, 3.63) is 59.7 Å². The number of rotatable bonds is 7. The zero-order valence-electron chi connectivity index (χ0n) is 14.4. The molecule has 4 heteroatoms. The molecule has 0 amide bonds. The number of aromatic carboxylic acids is 1. The second-order valence-electron chi connectivity index (χ2n) is 6.63. The Morgan fingerprint density at radius 3 is 2.21 bits per heavy atom. The summed E-state index contributed by atoms with van der Waals surface area (Å²) >= 11 is 0.